The van der Waals surface area contributed by atoms with E-state index in [-0.39, 0.29) is 12.5 Å². The summed E-state index contributed by atoms with van der Waals surface area (Å²) in [4.78, 5) is 17.8. The summed E-state index contributed by atoms with van der Waals surface area (Å²) in [5, 5.41) is 3.24. The Morgan fingerprint density at radius 2 is 1.70 bits per heavy atom. The van der Waals surface area contributed by atoms with Crippen molar-refractivity contribution < 1.29 is 9.53 Å². The summed E-state index contributed by atoms with van der Waals surface area (Å²) < 4.78 is 4.94. The van der Waals surface area contributed by atoms with Gasteiger partial charge in [0.05, 0.1) is 6.61 Å². The Bertz CT molecular complexity index is 642. The highest BCUT2D eigenvalue weighted by Gasteiger charge is 2.10. The number of rotatable bonds is 5. The summed E-state index contributed by atoms with van der Waals surface area (Å²) in [5.74, 6) is 0.233. The summed E-state index contributed by atoms with van der Waals surface area (Å²) >= 11 is 0. The van der Waals surface area contributed by atoms with E-state index in [9.17, 15) is 4.79 Å². The Kier molecular flexibility index (Phi) is 6.17. The van der Waals surface area contributed by atoms with Crippen molar-refractivity contribution in [1.82, 2.24) is 0 Å². The lowest BCUT2D eigenvalue weighted by Gasteiger charge is -2.22. The van der Waals surface area contributed by atoms with Crippen molar-refractivity contribution in [2.24, 2.45) is 4.99 Å². The largest absolute Gasteiger partial charge is 0.465 e. The number of aliphatic imine (C=N–C) groups is 1. The van der Waals surface area contributed by atoms with Crippen LogP contribution < -0.4 is 10.2 Å². The van der Waals surface area contributed by atoms with E-state index in [2.05, 4.69) is 10.3 Å². The van der Waals surface area contributed by atoms with Gasteiger partial charge in [-0.2, -0.15) is 0 Å². The minimum atomic E-state index is -0.346. The first-order valence-corrected chi connectivity index (χ1v) is 7.51. The van der Waals surface area contributed by atoms with Gasteiger partial charge in [-0.3, -0.25) is 4.79 Å². The number of esters is 1. The molecule has 0 unspecified atom stereocenters. The Hall–Kier alpha value is -2.82. The molecule has 0 bridgehead atoms. The van der Waals surface area contributed by atoms with Crippen LogP contribution in [0.2, 0.25) is 0 Å². The quantitative estimate of drug-likeness (QED) is 0.523. The fraction of sp³-hybridized carbons (Fsp3) is 0.222. The number of ether oxygens (including phenoxy) is 1. The van der Waals surface area contributed by atoms with Crippen molar-refractivity contribution in [3.63, 3.8) is 0 Å². The lowest BCUT2D eigenvalue weighted by molar-refractivity contribution is -0.141. The van der Waals surface area contributed by atoms with Gasteiger partial charge in [-0.15, -0.1) is 0 Å². The molecule has 1 N–H and O–H groups in total. The molecule has 0 aliphatic heterocycles. The van der Waals surface area contributed by atoms with Crippen LogP contribution in [0.25, 0.3) is 0 Å². The second kappa shape index (κ2) is 8.58. The van der Waals surface area contributed by atoms with Gasteiger partial charge < -0.3 is 15.0 Å². The van der Waals surface area contributed by atoms with Crippen molar-refractivity contribution in [3.05, 3.63) is 60.7 Å². The Morgan fingerprint density at radius 1 is 1.09 bits per heavy atom. The fourth-order valence-electron chi connectivity index (χ4n) is 2.00. The maximum atomic E-state index is 11.6. The predicted molar refractivity (Wildman–Crippen MR) is 93.8 cm³/mol. The number of benzene rings is 2. The molecule has 120 valence electrons. The molecule has 0 spiro atoms. The SMILES string of the molecule is CCOC(=O)CN=C(Nc1ccccc1)N(C)c1ccccc1. The molecular formula is C18H21N3O2. The Labute approximate surface area is 136 Å². The first kappa shape index (κ1) is 16.5. The number of carbonyl (C=O) groups is 1. The summed E-state index contributed by atoms with van der Waals surface area (Å²) in [5.41, 5.74) is 1.87. The minimum Gasteiger partial charge on any atom is -0.465 e. The van der Waals surface area contributed by atoms with E-state index in [1.165, 1.54) is 0 Å². The molecule has 0 fully saturated rings. The molecule has 5 nitrogen and oxygen atoms in total. The lowest BCUT2D eigenvalue weighted by atomic mass is 10.3. The third kappa shape index (κ3) is 5.14. The zero-order chi connectivity index (χ0) is 16.5. The van der Waals surface area contributed by atoms with Crippen LogP contribution in [0.4, 0.5) is 11.4 Å². The number of para-hydroxylation sites is 2. The van der Waals surface area contributed by atoms with Gasteiger partial charge in [-0.05, 0) is 31.2 Å². The van der Waals surface area contributed by atoms with Crippen molar-refractivity contribution >= 4 is 23.3 Å². The summed E-state index contributed by atoms with van der Waals surface area (Å²) in [6.45, 7) is 2.10. The second-order valence-corrected chi connectivity index (χ2v) is 4.83. The van der Waals surface area contributed by atoms with E-state index in [1.54, 1.807) is 6.92 Å². The molecular weight excluding hydrogens is 290 g/mol. The summed E-state index contributed by atoms with van der Waals surface area (Å²) in [6, 6.07) is 19.5. The molecule has 23 heavy (non-hydrogen) atoms. The van der Waals surface area contributed by atoms with Gasteiger partial charge in [0, 0.05) is 18.4 Å². The molecule has 0 radical (unpaired) electrons. The van der Waals surface area contributed by atoms with E-state index >= 15 is 0 Å². The maximum Gasteiger partial charge on any atom is 0.327 e. The molecule has 0 saturated heterocycles. The van der Waals surface area contributed by atoms with Crippen LogP contribution in [-0.2, 0) is 9.53 Å². The highest BCUT2D eigenvalue weighted by molar-refractivity contribution is 6.05. The lowest BCUT2D eigenvalue weighted by Crippen LogP contribution is -2.34. The van der Waals surface area contributed by atoms with Crippen molar-refractivity contribution in [2.75, 3.05) is 30.4 Å². The Balaban J connectivity index is 2.20. The van der Waals surface area contributed by atoms with Crippen LogP contribution in [-0.4, -0.2) is 32.1 Å². The van der Waals surface area contributed by atoms with Crippen LogP contribution in [0.1, 0.15) is 6.92 Å². The molecule has 5 heteroatoms. The zero-order valence-corrected chi connectivity index (χ0v) is 13.4. The smallest absolute Gasteiger partial charge is 0.327 e. The predicted octanol–water partition coefficient (Wildman–Crippen LogP) is 3.15. The van der Waals surface area contributed by atoms with Crippen molar-refractivity contribution in [2.45, 2.75) is 6.92 Å². The molecule has 2 aromatic rings. The third-order valence-corrected chi connectivity index (χ3v) is 3.15. The molecule has 0 saturated carbocycles. The number of nitrogens with zero attached hydrogens (tertiary/aromatic N) is 2. The average Bonchev–Trinajstić information content (AvgIpc) is 2.60. The molecule has 0 atom stereocenters. The van der Waals surface area contributed by atoms with Gasteiger partial charge in [-0.25, -0.2) is 4.99 Å². The number of anilines is 2. The van der Waals surface area contributed by atoms with Crippen molar-refractivity contribution in [1.29, 1.82) is 0 Å². The normalized spacial score (nSPS) is 11.0. The number of guanidine groups is 1. The molecule has 0 aliphatic carbocycles. The molecule has 0 heterocycles. The van der Waals surface area contributed by atoms with E-state index in [1.807, 2.05) is 72.6 Å². The van der Waals surface area contributed by atoms with Gasteiger partial charge >= 0.3 is 5.97 Å². The maximum absolute atomic E-state index is 11.6. The first-order valence-electron chi connectivity index (χ1n) is 7.51. The van der Waals surface area contributed by atoms with Crippen LogP contribution in [0.5, 0.6) is 0 Å². The van der Waals surface area contributed by atoms with Crippen LogP contribution >= 0.6 is 0 Å². The molecule has 2 aromatic carbocycles. The zero-order valence-electron chi connectivity index (χ0n) is 13.4. The van der Waals surface area contributed by atoms with E-state index < -0.39 is 0 Å². The van der Waals surface area contributed by atoms with E-state index in [0.29, 0.717) is 12.6 Å². The monoisotopic (exact) mass is 311 g/mol. The summed E-state index contributed by atoms with van der Waals surface area (Å²) in [7, 11) is 1.90. The number of hydrogen-bond donors (Lipinski definition) is 1. The number of hydrogen-bond acceptors (Lipinski definition) is 3. The molecule has 2 rings (SSSR count). The average molecular weight is 311 g/mol. The second-order valence-electron chi connectivity index (χ2n) is 4.83. The van der Waals surface area contributed by atoms with Crippen LogP contribution in [0.15, 0.2) is 65.7 Å². The minimum absolute atomic E-state index is 0.0276. The highest BCUT2D eigenvalue weighted by atomic mass is 16.5. The highest BCUT2D eigenvalue weighted by Crippen LogP contribution is 2.14. The van der Waals surface area contributed by atoms with Gasteiger partial charge in [0.2, 0.25) is 5.96 Å². The van der Waals surface area contributed by atoms with E-state index in [4.69, 9.17) is 4.74 Å². The fourth-order valence-corrected chi connectivity index (χ4v) is 2.00. The standard InChI is InChI=1S/C18H21N3O2/c1-3-23-17(22)14-19-18(20-15-10-6-4-7-11-15)21(2)16-12-8-5-9-13-16/h4-13H,3,14H2,1-2H3,(H,19,20). The molecule has 0 amide bonds. The first-order chi connectivity index (χ1) is 11.2. The topological polar surface area (TPSA) is 53.9 Å². The number of carbonyl (C=O) groups excluding carboxylic acids is 1. The Morgan fingerprint density at radius 3 is 2.30 bits per heavy atom. The molecule has 0 aromatic heterocycles. The van der Waals surface area contributed by atoms with E-state index in [0.717, 1.165) is 11.4 Å². The van der Waals surface area contributed by atoms with Gasteiger partial charge in [-0.1, -0.05) is 36.4 Å². The molecule has 0 aliphatic rings. The number of nitrogens with one attached hydrogen (secondary N) is 1. The van der Waals surface area contributed by atoms with Crippen LogP contribution in [0.3, 0.4) is 0 Å². The summed E-state index contributed by atoms with van der Waals surface area (Å²) in [6.07, 6.45) is 0. The van der Waals surface area contributed by atoms with Crippen molar-refractivity contribution in [3.8, 4) is 0 Å². The van der Waals surface area contributed by atoms with Gasteiger partial charge in [0.25, 0.3) is 0 Å². The van der Waals surface area contributed by atoms with Gasteiger partial charge in [0.1, 0.15) is 6.54 Å². The van der Waals surface area contributed by atoms with Crippen LogP contribution in [0, 0.1) is 0 Å². The third-order valence-electron chi connectivity index (χ3n) is 3.15. The van der Waals surface area contributed by atoms with Gasteiger partial charge in [0.15, 0.2) is 0 Å².